The van der Waals surface area contributed by atoms with Crippen molar-refractivity contribution in [2.24, 2.45) is 0 Å². The maximum atomic E-state index is 5.14. The van der Waals surface area contributed by atoms with E-state index in [1.54, 1.807) is 7.11 Å². The lowest BCUT2D eigenvalue weighted by Gasteiger charge is -2.02. The largest absolute Gasteiger partial charge is 1.00 e. The first kappa shape index (κ1) is 13.5. The summed E-state index contributed by atoms with van der Waals surface area (Å²) < 4.78 is 7.36. The lowest BCUT2D eigenvalue weighted by atomic mass is 10.2. The highest BCUT2D eigenvalue weighted by Gasteiger charge is 2.05. The molecule has 1 aromatic heterocycles. The Morgan fingerprint density at radius 2 is 1.76 bits per heavy atom. The summed E-state index contributed by atoms with van der Waals surface area (Å²) in [5.41, 5.74) is 2.54. The second kappa shape index (κ2) is 6.26. The highest BCUT2D eigenvalue weighted by Crippen LogP contribution is 2.10. The minimum absolute atomic E-state index is 0. The van der Waals surface area contributed by atoms with Crippen molar-refractivity contribution in [1.29, 1.82) is 0 Å². The van der Waals surface area contributed by atoms with Crippen LogP contribution < -0.4 is 21.7 Å². The fourth-order valence-corrected chi connectivity index (χ4v) is 1.67. The molecule has 2 rings (SSSR count). The van der Waals surface area contributed by atoms with Gasteiger partial charge >= 0.3 is 0 Å². The number of hydrogen-bond acceptors (Lipinski definition) is 1. The van der Waals surface area contributed by atoms with E-state index in [0.29, 0.717) is 0 Å². The third-order valence-corrected chi connectivity index (χ3v) is 2.68. The predicted molar refractivity (Wildman–Crippen MR) is 63.5 cm³/mol. The van der Waals surface area contributed by atoms with Crippen molar-refractivity contribution in [3.8, 4) is 5.75 Å². The number of rotatable bonds is 3. The molecule has 0 aliphatic rings. The summed E-state index contributed by atoms with van der Waals surface area (Å²) in [6, 6.07) is 14.4. The molecular weight excluding hydrogens is 234 g/mol. The first-order chi connectivity index (χ1) is 7.79. The monoisotopic (exact) mass is 249 g/mol. The van der Waals surface area contributed by atoms with Gasteiger partial charge in [-0.25, -0.2) is 0 Å². The fraction of sp³-hybridized carbons (Fsp3) is 0.214. The summed E-state index contributed by atoms with van der Waals surface area (Å²) in [5.74, 6) is 0.901. The third kappa shape index (κ3) is 3.46. The number of nitrogens with zero attached hydrogens (tertiary/aromatic N) is 1. The van der Waals surface area contributed by atoms with Crippen molar-refractivity contribution in [3.63, 3.8) is 0 Å². The molecule has 1 aromatic carbocycles. The van der Waals surface area contributed by atoms with Gasteiger partial charge in [0.2, 0.25) is 0 Å². The molecule has 0 atom stereocenters. The first-order valence-corrected chi connectivity index (χ1v) is 5.37. The number of hydrogen-bond donors (Lipinski definition) is 0. The van der Waals surface area contributed by atoms with Crippen LogP contribution in [-0.4, -0.2) is 7.11 Å². The van der Waals surface area contributed by atoms with Gasteiger partial charge in [-0.1, -0.05) is 6.07 Å². The van der Waals surface area contributed by atoms with Crippen molar-refractivity contribution < 1.29 is 21.7 Å². The van der Waals surface area contributed by atoms with Crippen molar-refractivity contribution in [2.75, 3.05) is 7.11 Å². The average molecular weight is 250 g/mol. The van der Waals surface area contributed by atoms with E-state index in [4.69, 9.17) is 4.74 Å². The lowest BCUT2D eigenvalue weighted by Crippen LogP contribution is -3.00. The molecule has 0 amide bonds. The van der Waals surface area contributed by atoms with Crippen molar-refractivity contribution in [1.82, 2.24) is 0 Å². The molecule has 17 heavy (non-hydrogen) atoms. The molecule has 90 valence electrons. The van der Waals surface area contributed by atoms with Crippen LogP contribution in [0.2, 0.25) is 0 Å². The van der Waals surface area contributed by atoms with E-state index >= 15 is 0 Å². The number of ether oxygens (including phenoxy) is 1. The van der Waals surface area contributed by atoms with Crippen LogP contribution in [0.25, 0.3) is 0 Å². The number of pyridine rings is 1. The normalized spacial score (nSPS) is 9.53. The van der Waals surface area contributed by atoms with Crippen LogP contribution >= 0.6 is 0 Å². The number of aromatic nitrogens is 1. The van der Waals surface area contributed by atoms with Crippen LogP contribution in [0.15, 0.2) is 48.7 Å². The van der Waals surface area contributed by atoms with E-state index in [2.05, 4.69) is 48.0 Å². The van der Waals surface area contributed by atoms with E-state index in [0.717, 1.165) is 12.3 Å². The fourth-order valence-electron chi connectivity index (χ4n) is 1.67. The minimum atomic E-state index is 0. The first-order valence-electron chi connectivity index (χ1n) is 5.37. The maximum absolute atomic E-state index is 5.14. The molecule has 1 heterocycles. The number of benzene rings is 1. The molecule has 2 nitrogen and oxygen atoms in total. The number of aryl methyl sites for hydroxylation is 1. The van der Waals surface area contributed by atoms with Crippen LogP contribution in [0.1, 0.15) is 11.3 Å². The minimum Gasteiger partial charge on any atom is -1.00 e. The van der Waals surface area contributed by atoms with Crippen LogP contribution in [0, 0.1) is 6.92 Å². The Morgan fingerprint density at radius 3 is 2.35 bits per heavy atom. The van der Waals surface area contributed by atoms with Crippen molar-refractivity contribution in [3.05, 3.63) is 59.9 Å². The van der Waals surface area contributed by atoms with Gasteiger partial charge in [0.1, 0.15) is 5.75 Å². The Labute approximate surface area is 108 Å². The Balaban J connectivity index is 0.00000144. The summed E-state index contributed by atoms with van der Waals surface area (Å²) in [6.45, 7) is 3.01. The van der Waals surface area contributed by atoms with Gasteiger partial charge in [-0.05, 0) is 24.3 Å². The summed E-state index contributed by atoms with van der Waals surface area (Å²) in [6.07, 6.45) is 2.10. The van der Waals surface area contributed by atoms with E-state index in [9.17, 15) is 0 Å². The van der Waals surface area contributed by atoms with Gasteiger partial charge < -0.3 is 17.1 Å². The molecule has 0 unspecified atom stereocenters. The van der Waals surface area contributed by atoms with Gasteiger partial charge in [-0.15, -0.1) is 0 Å². The summed E-state index contributed by atoms with van der Waals surface area (Å²) in [4.78, 5) is 0. The predicted octanol–water partition coefficient (Wildman–Crippen LogP) is -0.657. The smallest absolute Gasteiger partial charge is 0.178 e. The molecule has 0 N–H and O–H groups in total. The van der Waals surface area contributed by atoms with Gasteiger partial charge in [0.15, 0.2) is 18.4 Å². The van der Waals surface area contributed by atoms with Crippen molar-refractivity contribution in [2.45, 2.75) is 13.5 Å². The van der Waals surface area contributed by atoms with E-state index in [-0.39, 0.29) is 12.4 Å². The quantitative estimate of drug-likeness (QED) is 0.659. The molecule has 0 fully saturated rings. The molecular formula is C14H16ClNO. The van der Waals surface area contributed by atoms with Gasteiger partial charge in [-0.2, -0.15) is 4.57 Å². The topological polar surface area (TPSA) is 13.1 Å². The van der Waals surface area contributed by atoms with Crippen molar-refractivity contribution >= 4 is 0 Å². The Bertz CT molecular complexity index is 468. The van der Waals surface area contributed by atoms with Crippen LogP contribution in [0.4, 0.5) is 0 Å². The van der Waals surface area contributed by atoms with E-state index in [1.165, 1.54) is 11.3 Å². The lowest BCUT2D eigenvalue weighted by molar-refractivity contribution is -0.694. The zero-order valence-electron chi connectivity index (χ0n) is 10.1. The Morgan fingerprint density at radius 1 is 1.06 bits per heavy atom. The summed E-state index contributed by atoms with van der Waals surface area (Å²) >= 11 is 0. The van der Waals surface area contributed by atoms with Crippen LogP contribution in [0.5, 0.6) is 5.75 Å². The summed E-state index contributed by atoms with van der Waals surface area (Å²) in [7, 11) is 1.69. The van der Waals surface area contributed by atoms with Crippen LogP contribution in [-0.2, 0) is 6.54 Å². The summed E-state index contributed by atoms with van der Waals surface area (Å²) in [5, 5.41) is 0. The van der Waals surface area contributed by atoms with Gasteiger partial charge in [0.25, 0.3) is 0 Å². The second-order valence-corrected chi connectivity index (χ2v) is 3.82. The molecule has 0 saturated carbocycles. The number of halogens is 1. The molecule has 0 aliphatic carbocycles. The third-order valence-electron chi connectivity index (χ3n) is 2.68. The highest BCUT2D eigenvalue weighted by atomic mass is 35.5. The zero-order valence-corrected chi connectivity index (χ0v) is 10.8. The highest BCUT2D eigenvalue weighted by molar-refractivity contribution is 5.26. The molecule has 3 heteroatoms. The van der Waals surface area contributed by atoms with Gasteiger partial charge in [0, 0.05) is 24.6 Å². The molecule has 0 saturated heterocycles. The van der Waals surface area contributed by atoms with E-state index in [1.807, 2.05) is 12.1 Å². The maximum Gasteiger partial charge on any atom is 0.178 e. The second-order valence-electron chi connectivity index (χ2n) is 3.82. The number of methoxy groups -OCH3 is 1. The Hall–Kier alpha value is -1.54. The molecule has 2 aromatic rings. The van der Waals surface area contributed by atoms with Crippen LogP contribution in [0.3, 0.4) is 0 Å². The molecule has 0 aliphatic heterocycles. The SMILES string of the molecule is COc1ccc(C[n+]2ccccc2C)cc1.[Cl-]. The average Bonchev–Trinajstić information content (AvgIpc) is 2.33. The Kier molecular flexibility index (Phi) is 4.98. The molecule has 0 spiro atoms. The van der Waals surface area contributed by atoms with Gasteiger partial charge in [-0.3, -0.25) is 0 Å². The van der Waals surface area contributed by atoms with E-state index < -0.39 is 0 Å². The van der Waals surface area contributed by atoms with Gasteiger partial charge in [0.05, 0.1) is 7.11 Å². The zero-order chi connectivity index (χ0) is 11.4. The molecule has 0 radical (unpaired) electrons. The molecule has 0 bridgehead atoms. The standard InChI is InChI=1S/C14H16NO.ClH/c1-12-5-3-4-10-15(12)11-13-6-8-14(16-2)9-7-13;/h3-10H,11H2,1-2H3;1H/q+1;/p-1.